The third kappa shape index (κ3) is 2.96. The van der Waals surface area contributed by atoms with E-state index in [4.69, 9.17) is 31.4 Å². The van der Waals surface area contributed by atoms with Crippen molar-refractivity contribution >= 4 is 23.0 Å². The van der Waals surface area contributed by atoms with E-state index in [-0.39, 0.29) is 0 Å². The normalized spacial score (nSPS) is 15.8. The molecule has 0 bridgehead atoms. The average molecular weight is 371 g/mol. The van der Waals surface area contributed by atoms with Gasteiger partial charge in [0.25, 0.3) is 0 Å². The highest BCUT2D eigenvalue weighted by Crippen LogP contribution is 2.41. The number of benzene rings is 1. The second kappa shape index (κ2) is 6.72. The fraction of sp³-hybridized carbons (Fsp3) is 0.421. The molecule has 0 atom stereocenters. The minimum absolute atomic E-state index is 0.560. The lowest BCUT2D eigenvalue weighted by atomic mass is 10.1. The Bertz CT molecular complexity index is 842. The van der Waals surface area contributed by atoms with Crippen molar-refractivity contribution in [3.63, 3.8) is 0 Å². The van der Waals surface area contributed by atoms with Gasteiger partial charge in [0.05, 0.1) is 43.9 Å². The summed E-state index contributed by atoms with van der Waals surface area (Å²) in [5, 5.41) is 0. The Labute approximate surface area is 158 Å². The van der Waals surface area contributed by atoms with Crippen molar-refractivity contribution in [1.29, 1.82) is 0 Å². The third-order valence-corrected chi connectivity index (χ3v) is 5.17. The van der Waals surface area contributed by atoms with Crippen LogP contribution in [-0.4, -0.2) is 42.8 Å². The van der Waals surface area contributed by atoms with Gasteiger partial charge in [0.1, 0.15) is 0 Å². The van der Waals surface area contributed by atoms with Gasteiger partial charge in [-0.3, -0.25) is 4.98 Å². The van der Waals surface area contributed by atoms with E-state index in [1.807, 2.05) is 12.1 Å². The number of rotatable bonds is 6. The predicted octanol–water partition coefficient (Wildman–Crippen LogP) is 3.27. The predicted molar refractivity (Wildman–Crippen MR) is 103 cm³/mol. The van der Waals surface area contributed by atoms with Crippen LogP contribution in [0.15, 0.2) is 18.3 Å². The Morgan fingerprint density at radius 1 is 1.12 bits per heavy atom. The minimum atomic E-state index is 0.560. The summed E-state index contributed by atoms with van der Waals surface area (Å²) in [6.07, 6.45) is 5.02. The Morgan fingerprint density at radius 3 is 2.38 bits per heavy atom. The van der Waals surface area contributed by atoms with Gasteiger partial charge in [-0.2, -0.15) is 0 Å². The molecule has 7 heteroatoms. The van der Waals surface area contributed by atoms with E-state index in [2.05, 4.69) is 9.88 Å². The molecule has 0 N–H and O–H groups in total. The number of anilines is 1. The fourth-order valence-corrected chi connectivity index (χ4v) is 3.51. The number of nitrogens with zero attached hydrogens (tertiary/aromatic N) is 3. The number of hydrogen-bond acceptors (Lipinski definition) is 6. The average Bonchev–Trinajstić information content (AvgIpc) is 3.43. The highest BCUT2D eigenvalue weighted by atomic mass is 32.1. The largest absolute Gasteiger partial charge is 0.493 e. The number of hydrogen-bond donors (Lipinski definition) is 0. The van der Waals surface area contributed by atoms with Crippen LogP contribution in [0.1, 0.15) is 18.5 Å². The van der Waals surface area contributed by atoms with Crippen LogP contribution < -0.4 is 19.1 Å². The van der Waals surface area contributed by atoms with Crippen LogP contribution in [-0.2, 0) is 6.42 Å². The van der Waals surface area contributed by atoms with Crippen LogP contribution in [0.5, 0.6) is 17.2 Å². The molecule has 0 saturated heterocycles. The Balaban J connectivity index is 1.75. The molecular formula is C19H21N3O3S. The van der Waals surface area contributed by atoms with Gasteiger partial charge < -0.3 is 19.1 Å². The van der Waals surface area contributed by atoms with Gasteiger partial charge >= 0.3 is 0 Å². The number of methoxy groups -OCH3 is 3. The second-order valence-electron chi connectivity index (χ2n) is 6.56. The molecule has 1 aliphatic carbocycles. The smallest absolute Gasteiger partial charge is 0.203 e. The van der Waals surface area contributed by atoms with Gasteiger partial charge in [0.2, 0.25) is 5.75 Å². The SMILES string of the molecule is COc1cc(-c2cnc3c(n2)N(CC2CC2)C(=S)C3)cc(OC)c1OC. The van der Waals surface area contributed by atoms with E-state index in [1.54, 1.807) is 27.5 Å². The molecule has 1 aromatic heterocycles. The summed E-state index contributed by atoms with van der Waals surface area (Å²) >= 11 is 5.55. The summed E-state index contributed by atoms with van der Waals surface area (Å²) in [5.41, 5.74) is 2.57. The van der Waals surface area contributed by atoms with E-state index < -0.39 is 0 Å². The standard InChI is InChI=1S/C19H21N3O3S/c1-23-15-6-12(7-16(24-2)18(15)25-3)14-9-20-13-8-17(26)22(19(13)21-14)10-11-4-5-11/h6-7,9,11H,4-5,8,10H2,1-3H3. The lowest BCUT2D eigenvalue weighted by molar-refractivity contribution is 0.324. The molecule has 136 valence electrons. The molecule has 2 aromatic rings. The summed E-state index contributed by atoms with van der Waals surface area (Å²) in [5.74, 6) is 3.35. The van der Waals surface area contributed by atoms with E-state index in [0.717, 1.165) is 40.2 Å². The van der Waals surface area contributed by atoms with Crippen molar-refractivity contribution in [2.45, 2.75) is 19.3 Å². The Kier molecular flexibility index (Phi) is 4.40. The first-order chi connectivity index (χ1) is 12.6. The molecule has 0 unspecified atom stereocenters. The highest BCUT2D eigenvalue weighted by Gasteiger charge is 2.33. The zero-order chi connectivity index (χ0) is 18.3. The first-order valence-electron chi connectivity index (χ1n) is 8.61. The van der Waals surface area contributed by atoms with Gasteiger partial charge in [0, 0.05) is 18.5 Å². The van der Waals surface area contributed by atoms with E-state index in [9.17, 15) is 0 Å². The summed E-state index contributed by atoms with van der Waals surface area (Å²) in [7, 11) is 4.79. The van der Waals surface area contributed by atoms with Crippen molar-refractivity contribution in [1.82, 2.24) is 9.97 Å². The first kappa shape index (κ1) is 17.0. The van der Waals surface area contributed by atoms with Gasteiger partial charge in [-0.15, -0.1) is 0 Å². The second-order valence-corrected chi connectivity index (χ2v) is 7.04. The molecule has 2 aliphatic rings. The molecule has 1 fully saturated rings. The van der Waals surface area contributed by atoms with E-state index >= 15 is 0 Å². The van der Waals surface area contributed by atoms with Crippen molar-refractivity contribution in [3.05, 3.63) is 24.0 Å². The van der Waals surface area contributed by atoms with Crippen molar-refractivity contribution in [2.24, 2.45) is 5.92 Å². The molecule has 0 radical (unpaired) electrons. The first-order valence-corrected chi connectivity index (χ1v) is 9.02. The van der Waals surface area contributed by atoms with Crippen LogP contribution in [0.4, 0.5) is 5.82 Å². The van der Waals surface area contributed by atoms with Crippen LogP contribution >= 0.6 is 12.2 Å². The van der Waals surface area contributed by atoms with Crippen LogP contribution in [0.3, 0.4) is 0 Å². The zero-order valence-electron chi connectivity index (χ0n) is 15.1. The summed E-state index contributed by atoms with van der Waals surface area (Å²) < 4.78 is 16.3. The third-order valence-electron chi connectivity index (χ3n) is 4.80. The Hall–Kier alpha value is -2.41. The molecule has 0 amide bonds. The van der Waals surface area contributed by atoms with Crippen molar-refractivity contribution in [2.75, 3.05) is 32.8 Å². The maximum Gasteiger partial charge on any atom is 0.203 e. The molecule has 6 nitrogen and oxygen atoms in total. The highest BCUT2D eigenvalue weighted by molar-refractivity contribution is 7.80. The molecular weight excluding hydrogens is 350 g/mol. The van der Waals surface area contributed by atoms with Crippen LogP contribution in [0.25, 0.3) is 11.3 Å². The van der Waals surface area contributed by atoms with E-state index in [1.165, 1.54) is 12.8 Å². The van der Waals surface area contributed by atoms with E-state index in [0.29, 0.717) is 23.7 Å². The molecule has 1 aliphatic heterocycles. The van der Waals surface area contributed by atoms with Crippen LogP contribution in [0, 0.1) is 5.92 Å². The van der Waals surface area contributed by atoms with Gasteiger partial charge in [0.15, 0.2) is 17.3 Å². The van der Waals surface area contributed by atoms with Crippen LogP contribution in [0.2, 0.25) is 0 Å². The molecule has 1 aromatic carbocycles. The van der Waals surface area contributed by atoms with Gasteiger partial charge in [-0.05, 0) is 30.9 Å². The van der Waals surface area contributed by atoms with Gasteiger partial charge in [-0.25, -0.2) is 4.98 Å². The maximum absolute atomic E-state index is 5.55. The topological polar surface area (TPSA) is 56.7 Å². The fourth-order valence-electron chi connectivity index (χ4n) is 3.22. The number of fused-ring (bicyclic) bond motifs is 1. The molecule has 0 spiro atoms. The minimum Gasteiger partial charge on any atom is -0.493 e. The quantitative estimate of drug-likeness (QED) is 0.722. The zero-order valence-corrected chi connectivity index (χ0v) is 15.9. The van der Waals surface area contributed by atoms with Crippen molar-refractivity contribution in [3.8, 4) is 28.5 Å². The Morgan fingerprint density at radius 2 is 1.81 bits per heavy atom. The number of thiocarbonyl (C=S) groups is 1. The number of ether oxygens (including phenoxy) is 3. The molecule has 26 heavy (non-hydrogen) atoms. The summed E-state index contributed by atoms with van der Waals surface area (Å²) in [6.45, 7) is 0.944. The molecule has 4 rings (SSSR count). The summed E-state index contributed by atoms with van der Waals surface area (Å²) in [4.78, 5) is 12.5. The summed E-state index contributed by atoms with van der Waals surface area (Å²) in [6, 6.07) is 3.77. The monoisotopic (exact) mass is 371 g/mol. The number of aromatic nitrogens is 2. The molecule has 2 heterocycles. The van der Waals surface area contributed by atoms with Gasteiger partial charge in [-0.1, -0.05) is 12.2 Å². The van der Waals surface area contributed by atoms with Crippen molar-refractivity contribution < 1.29 is 14.2 Å². The lowest BCUT2D eigenvalue weighted by Crippen LogP contribution is -2.28. The maximum atomic E-state index is 5.55. The molecule has 1 saturated carbocycles. The lowest BCUT2D eigenvalue weighted by Gasteiger charge is -2.18.